The van der Waals surface area contributed by atoms with E-state index < -0.39 is 23.5 Å². The number of nitrogens with one attached hydrogen (secondary N) is 4. The van der Waals surface area contributed by atoms with E-state index in [1.165, 1.54) is 11.1 Å². The van der Waals surface area contributed by atoms with Gasteiger partial charge in [0, 0.05) is 36.0 Å². The van der Waals surface area contributed by atoms with E-state index in [0.29, 0.717) is 37.5 Å². The molecule has 10 heteroatoms. The topological polar surface area (TPSA) is 116 Å². The fourth-order valence-electron chi connectivity index (χ4n) is 4.24. The van der Waals surface area contributed by atoms with E-state index in [1.807, 2.05) is 19.9 Å². The highest BCUT2D eigenvalue weighted by atomic mass is 32.2. The van der Waals surface area contributed by atoms with Crippen LogP contribution in [0.5, 0.6) is 0 Å². The lowest BCUT2D eigenvalue weighted by Crippen LogP contribution is -2.61. The third-order valence-electron chi connectivity index (χ3n) is 7.02. The van der Waals surface area contributed by atoms with Crippen LogP contribution in [0.4, 0.5) is 0 Å². The predicted octanol–water partition coefficient (Wildman–Crippen LogP) is 4.02. The standard InChI is InChI=1S/C30H48N4O4S2/c1-7-21(4)26-28(37)31-14-16-40-19-23-10-8-9-22(17-23)18-39-15-13-25(35)34-30(5,6)29(38)32-24(27(36)33-26)12-11-20(2)3/h8-10,17,20-21,24,26H,7,11-16,18-19H2,1-6H3,(H,31,37)(H,32,38)(H,33,36)(H,34,35)/t21-,24-,26-/m0/s1. The summed E-state index contributed by atoms with van der Waals surface area (Å²) in [6, 6.07) is 6.90. The number of benzene rings is 1. The van der Waals surface area contributed by atoms with Crippen LogP contribution in [0, 0.1) is 11.8 Å². The Morgan fingerprint density at radius 3 is 2.23 bits per heavy atom. The molecule has 1 aliphatic heterocycles. The summed E-state index contributed by atoms with van der Waals surface area (Å²) in [5, 5.41) is 11.6. The molecule has 0 saturated heterocycles. The summed E-state index contributed by atoms with van der Waals surface area (Å²) in [5.74, 6) is 2.04. The van der Waals surface area contributed by atoms with Gasteiger partial charge in [-0.2, -0.15) is 23.5 Å². The van der Waals surface area contributed by atoms with Crippen molar-refractivity contribution >= 4 is 47.2 Å². The zero-order valence-corrected chi connectivity index (χ0v) is 26.6. The molecule has 40 heavy (non-hydrogen) atoms. The second kappa shape index (κ2) is 16.9. The van der Waals surface area contributed by atoms with Crippen molar-refractivity contribution in [2.45, 2.75) is 96.4 Å². The van der Waals surface area contributed by atoms with E-state index in [0.717, 1.165) is 23.7 Å². The van der Waals surface area contributed by atoms with Crippen molar-refractivity contribution in [1.82, 2.24) is 21.3 Å². The lowest BCUT2D eigenvalue weighted by Gasteiger charge is -2.30. The summed E-state index contributed by atoms with van der Waals surface area (Å²) in [6.45, 7) is 11.8. The molecule has 0 aromatic heterocycles. The fraction of sp³-hybridized carbons (Fsp3) is 0.667. The number of thioether (sulfide) groups is 2. The Morgan fingerprint density at radius 1 is 0.950 bits per heavy atom. The van der Waals surface area contributed by atoms with Gasteiger partial charge in [0.1, 0.15) is 17.6 Å². The highest BCUT2D eigenvalue weighted by Gasteiger charge is 2.34. The van der Waals surface area contributed by atoms with Crippen LogP contribution in [0.1, 0.15) is 78.4 Å². The zero-order valence-electron chi connectivity index (χ0n) is 24.9. The highest BCUT2D eigenvalue weighted by Crippen LogP contribution is 2.19. The van der Waals surface area contributed by atoms with Gasteiger partial charge in [-0.25, -0.2) is 0 Å². The molecule has 0 spiro atoms. The first-order valence-corrected chi connectivity index (χ1v) is 16.7. The molecule has 0 unspecified atom stereocenters. The summed E-state index contributed by atoms with van der Waals surface area (Å²) in [5.41, 5.74) is 1.23. The summed E-state index contributed by atoms with van der Waals surface area (Å²) >= 11 is 3.43. The van der Waals surface area contributed by atoms with E-state index in [2.05, 4.69) is 53.3 Å². The number of amides is 4. The average Bonchev–Trinajstić information content (AvgIpc) is 2.90. The molecular weight excluding hydrogens is 544 g/mol. The lowest BCUT2D eigenvalue weighted by atomic mass is 9.96. The molecule has 1 aromatic rings. The van der Waals surface area contributed by atoms with Crippen LogP contribution >= 0.6 is 23.5 Å². The minimum Gasteiger partial charge on any atom is -0.353 e. The van der Waals surface area contributed by atoms with E-state index in [-0.39, 0.29) is 23.6 Å². The first-order valence-electron chi connectivity index (χ1n) is 14.4. The normalized spacial score (nSPS) is 23.1. The molecule has 4 N–H and O–H groups in total. The third kappa shape index (κ3) is 11.7. The molecule has 4 amide bonds. The Hall–Kier alpha value is -2.20. The van der Waals surface area contributed by atoms with Crippen LogP contribution in [0.3, 0.4) is 0 Å². The van der Waals surface area contributed by atoms with Gasteiger partial charge in [0.25, 0.3) is 0 Å². The number of carbonyl (C=O) groups excluding carboxylic acids is 4. The number of rotatable bonds is 5. The van der Waals surface area contributed by atoms with Gasteiger partial charge in [0.15, 0.2) is 0 Å². The van der Waals surface area contributed by atoms with Gasteiger partial charge >= 0.3 is 0 Å². The maximum absolute atomic E-state index is 13.5. The Morgan fingerprint density at radius 2 is 1.60 bits per heavy atom. The van der Waals surface area contributed by atoms with Gasteiger partial charge in [0.2, 0.25) is 23.6 Å². The van der Waals surface area contributed by atoms with Crippen molar-refractivity contribution < 1.29 is 19.2 Å². The Bertz CT molecular complexity index is 1000. The van der Waals surface area contributed by atoms with Crippen LogP contribution in [0.15, 0.2) is 24.3 Å². The van der Waals surface area contributed by atoms with Crippen molar-refractivity contribution in [3.8, 4) is 0 Å². The molecule has 3 atom stereocenters. The van der Waals surface area contributed by atoms with Crippen LogP contribution in [0.25, 0.3) is 0 Å². The smallest absolute Gasteiger partial charge is 0.245 e. The second-order valence-corrected chi connectivity index (χ2v) is 13.7. The fourth-order valence-corrected chi connectivity index (χ4v) is 5.94. The van der Waals surface area contributed by atoms with Gasteiger partial charge in [-0.3, -0.25) is 19.2 Å². The molecule has 224 valence electrons. The Kier molecular flexibility index (Phi) is 14.4. The Labute approximate surface area is 248 Å². The molecule has 1 aliphatic rings. The average molecular weight is 593 g/mol. The van der Waals surface area contributed by atoms with Crippen molar-refractivity contribution in [2.24, 2.45) is 11.8 Å². The van der Waals surface area contributed by atoms with Gasteiger partial charge in [-0.15, -0.1) is 0 Å². The van der Waals surface area contributed by atoms with E-state index in [1.54, 1.807) is 37.4 Å². The highest BCUT2D eigenvalue weighted by molar-refractivity contribution is 7.98. The molecule has 1 aromatic carbocycles. The van der Waals surface area contributed by atoms with Crippen LogP contribution in [-0.2, 0) is 30.7 Å². The molecule has 2 bridgehead atoms. The third-order valence-corrected chi connectivity index (χ3v) is 9.08. The maximum atomic E-state index is 13.5. The summed E-state index contributed by atoms with van der Waals surface area (Å²) in [7, 11) is 0. The molecule has 0 fully saturated rings. The maximum Gasteiger partial charge on any atom is 0.245 e. The van der Waals surface area contributed by atoms with Crippen molar-refractivity contribution in [2.75, 3.05) is 18.1 Å². The van der Waals surface area contributed by atoms with Crippen molar-refractivity contribution in [3.63, 3.8) is 0 Å². The van der Waals surface area contributed by atoms with Crippen LogP contribution in [0.2, 0.25) is 0 Å². The molecular formula is C30H48N4O4S2. The quantitative estimate of drug-likeness (QED) is 0.411. The monoisotopic (exact) mass is 592 g/mol. The number of carbonyl (C=O) groups is 4. The van der Waals surface area contributed by atoms with Crippen LogP contribution in [-0.4, -0.2) is 59.3 Å². The minimum absolute atomic E-state index is 0.0834. The lowest BCUT2D eigenvalue weighted by molar-refractivity contribution is -0.136. The molecule has 0 saturated carbocycles. The van der Waals surface area contributed by atoms with Crippen molar-refractivity contribution in [1.29, 1.82) is 0 Å². The SMILES string of the molecule is CC[C@H](C)[C@@H]1NC(=O)[C@H](CCC(C)C)NC(=O)C(C)(C)NC(=O)CCSCc2cccc(c2)CSCCNC1=O. The first kappa shape index (κ1) is 34.0. The molecule has 0 aliphatic carbocycles. The van der Waals surface area contributed by atoms with Crippen LogP contribution < -0.4 is 21.3 Å². The number of hydrogen-bond acceptors (Lipinski definition) is 6. The first-order chi connectivity index (χ1) is 18.9. The van der Waals surface area contributed by atoms with Gasteiger partial charge in [-0.1, -0.05) is 58.4 Å². The minimum atomic E-state index is -1.20. The van der Waals surface area contributed by atoms with Gasteiger partial charge < -0.3 is 21.3 Å². The van der Waals surface area contributed by atoms with E-state index in [9.17, 15) is 19.2 Å². The summed E-state index contributed by atoms with van der Waals surface area (Å²) < 4.78 is 0. The van der Waals surface area contributed by atoms with E-state index >= 15 is 0 Å². The molecule has 1 heterocycles. The summed E-state index contributed by atoms with van der Waals surface area (Å²) in [6.07, 6.45) is 2.16. The Balaban J connectivity index is 2.25. The number of hydrogen-bond donors (Lipinski definition) is 4. The zero-order chi connectivity index (χ0) is 29.7. The largest absolute Gasteiger partial charge is 0.353 e. The van der Waals surface area contributed by atoms with Crippen molar-refractivity contribution in [3.05, 3.63) is 35.4 Å². The summed E-state index contributed by atoms with van der Waals surface area (Å²) in [4.78, 5) is 52.6. The predicted molar refractivity (Wildman–Crippen MR) is 166 cm³/mol. The molecule has 8 nitrogen and oxygen atoms in total. The molecule has 0 radical (unpaired) electrons. The second-order valence-electron chi connectivity index (χ2n) is 11.5. The van der Waals surface area contributed by atoms with Gasteiger partial charge in [0.05, 0.1) is 0 Å². The number of fused-ring (bicyclic) bond motifs is 2. The molecule has 2 rings (SSSR count). The van der Waals surface area contributed by atoms with E-state index in [4.69, 9.17) is 0 Å². The van der Waals surface area contributed by atoms with Gasteiger partial charge in [-0.05, 0) is 49.7 Å².